The second-order valence-corrected chi connectivity index (χ2v) is 9.05. The first-order chi connectivity index (χ1) is 11.2. The van der Waals surface area contributed by atoms with E-state index in [0.717, 1.165) is 50.8 Å². The van der Waals surface area contributed by atoms with Gasteiger partial charge in [-0.1, -0.05) is 38.8 Å². The molecule has 0 atom stereocenters. The van der Waals surface area contributed by atoms with E-state index in [-0.39, 0.29) is 11.0 Å². The molecular formula is C19H30ClN3O. The lowest BCUT2D eigenvalue weighted by Gasteiger charge is -2.45. The van der Waals surface area contributed by atoms with E-state index < -0.39 is 0 Å². The van der Waals surface area contributed by atoms with Crippen molar-refractivity contribution in [1.29, 1.82) is 0 Å². The van der Waals surface area contributed by atoms with E-state index in [2.05, 4.69) is 48.6 Å². The molecule has 0 N–H and O–H groups in total. The fourth-order valence-electron chi connectivity index (χ4n) is 3.97. The zero-order chi connectivity index (χ0) is 17.5. The van der Waals surface area contributed by atoms with E-state index in [1.807, 2.05) is 0 Å². The molecule has 4 nitrogen and oxygen atoms in total. The van der Waals surface area contributed by atoms with E-state index in [1.54, 1.807) is 0 Å². The average Bonchev–Trinajstić information content (AvgIpc) is 2.86. The molecule has 5 heteroatoms. The van der Waals surface area contributed by atoms with Gasteiger partial charge >= 0.3 is 0 Å². The Kier molecular flexibility index (Phi) is 4.71. The van der Waals surface area contributed by atoms with Gasteiger partial charge in [0.05, 0.1) is 5.54 Å². The van der Waals surface area contributed by atoms with Crippen molar-refractivity contribution in [2.75, 3.05) is 13.1 Å². The molecule has 2 aliphatic rings. The fraction of sp³-hybridized carbons (Fsp3) is 0.789. The molecular weight excluding hydrogens is 322 g/mol. The van der Waals surface area contributed by atoms with E-state index in [4.69, 9.17) is 11.6 Å². The first kappa shape index (κ1) is 17.8. The summed E-state index contributed by atoms with van der Waals surface area (Å²) in [6, 6.07) is 0. The molecule has 2 heterocycles. The van der Waals surface area contributed by atoms with Crippen LogP contribution in [0, 0.1) is 11.3 Å². The maximum Gasteiger partial charge on any atom is 0.228 e. The van der Waals surface area contributed by atoms with Gasteiger partial charge in [0, 0.05) is 30.3 Å². The zero-order valence-corrected chi connectivity index (χ0v) is 16.2. The van der Waals surface area contributed by atoms with Crippen molar-refractivity contribution in [3.63, 3.8) is 0 Å². The number of carbonyl (C=O) groups excluding carboxylic acids is 1. The molecule has 0 radical (unpaired) electrons. The van der Waals surface area contributed by atoms with E-state index in [1.165, 1.54) is 6.42 Å². The molecule has 1 aromatic rings. The first-order valence-corrected chi connectivity index (χ1v) is 9.65. The minimum Gasteiger partial charge on any atom is -0.342 e. The second-order valence-electron chi connectivity index (χ2n) is 8.69. The van der Waals surface area contributed by atoms with Crippen molar-refractivity contribution in [2.45, 2.75) is 71.8 Å². The van der Waals surface area contributed by atoms with Crippen molar-refractivity contribution in [1.82, 2.24) is 14.7 Å². The normalized spacial score (nSPS) is 22.5. The monoisotopic (exact) mass is 351 g/mol. The van der Waals surface area contributed by atoms with Crippen molar-refractivity contribution >= 4 is 17.5 Å². The number of aromatic nitrogens is 2. The van der Waals surface area contributed by atoms with Gasteiger partial charge in [0.15, 0.2) is 5.15 Å². The molecule has 2 fully saturated rings. The average molecular weight is 352 g/mol. The van der Waals surface area contributed by atoms with Crippen molar-refractivity contribution in [2.24, 2.45) is 11.3 Å². The molecule has 1 aromatic heterocycles. The summed E-state index contributed by atoms with van der Waals surface area (Å²) in [5.41, 5.74) is 0.997. The van der Waals surface area contributed by atoms with Gasteiger partial charge in [-0.05, 0) is 44.9 Å². The predicted octanol–water partition coefficient (Wildman–Crippen LogP) is 4.26. The molecule has 0 bridgehead atoms. The molecule has 1 aliphatic carbocycles. The van der Waals surface area contributed by atoms with Crippen molar-refractivity contribution < 1.29 is 4.79 Å². The highest BCUT2D eigenvalue weighted by atomic mass is 35.5. The van der Waals surface area contributed by atoms with Crippen LogP contribution in [0.3, 0.4) is 0 Å². The summed E-state index contributed by atoms with van der Waals surface area (Å²) in [5.74, 6) is 0.922. The van der Waals surface area contributed by atoms with Crippen molar-refractivity contribution in [3.8, 4) is 0 Å². The standard InChI is InChI=1S/C19H30ClN3O/c1-14(2)12-15-13-23(21-16(15)20)19(4)8-10-22(11-9-19)17(24)18(3)6-5-7-18/h13-14H,5-12H2,1-4H3. The number of nitrogens with zero attached hydrogens (tertiary/aromatic N) is 3. The number of hydrogen-bond donors (Lipinski definition) is 0. The van der Waals surface area contributed by atoms with E-state index in [0.29, 0.717) is 17.0 Å². The summed E-state index contributed by atoms with van der Waals surface area (Å²) in [6.45, 7) is 10.4. The molecule has 3 rings (SSSR count). The number of hydrogen-bond acceptors (Lipinski definition) is 2. The number of likely N-dealkylation sites (tertiary alicyclic amines) is 1. The lowest BCUT2D eigenvalue weighted by Crippen LogP contribution is -2.52. The highest BCUT2D eigenvalue weighted by molar-refractivity contribution is 6.30. The predicted molar refractivity (Wildman–Crippen MR) is 97.2 cm³/mol. The Balaban J connectivity index is 1.67. The number of halogens is 1. The molecule has 24 heavy (non-hydrogen) atoms. The lowest BCUT2D eigenvalue weighted by atomic mass is 9.69. The van der Waals surface area contributed by atoms with Gasteiger partial charge in [0.25, 0.3) is 0 Å². The molecule has 1 saturated carbocycles. The van der Waals surface area contributed by atoms with Gasteiger partial charge in [-0.25, -0.2) is 0 Å². The quantitative estimate of drug-likeness (QED) is 0.812. The molecule has 1 aliphatic heterocycles. The number of rotatable bonds is 4. The zero-order valence-electron chi connectivity index (χ0n) is 15.4. The third kappa shape index (κ3) is 3.22. The SMILES string of the molecule is CC(C)Cc1cn(C2(C)CCN(C(=O)C3(C)CCC3)CC2)nc1Cl. The van der Waals surface area contributed by atoms with Crippen LogP contribution in [0.25, 0.3) is 0 Å². The Hall–Kier alpha value is -1.03. The number of carbonyl (C=O) groups is 1. The molecule has 0 spiro atoms. The van der Waals surface area contributed by atoms with Crippen LogP contribution in [0.15, 0.2) is 6.20 Å². The summed E-state index contributed by atoms with van der Waals surface area (Å²) in [4.78, 5) is 14.8. The van der Waals surface area contributed by atoms with E-state index in [9.17, 15) is 4.79 Å². The highest BCUT2D eigenvalue weighted by Crippen LogP contribution is 2.43. The maximum absolute atomic E-state index is 12.7. The molecule has 1 saturated heterocycles. The van der Waals surface area contributed by atoms with Crippen LogP contribution in [0.1, 0.15) is 65.4 Å². The second kappa shape index (κ2) is 6.36. The summed E-state index contributed by atoms with van der Waals surface area (Å²) in [7, 11) is 0. The largest absolute Gasteiger partial charge is 0.342 e. The Labute approximate surface area is 150 Å². The van der Waals surface area contributed by atoms with Crippen LogP contribution >= 0.6 is 11.6 Å². The third-order valence-corrected chi connectivity index (χ3v) is 6.34. The van der Waals surface area contributed by atoms with Gasteiger partial charge in [-0.2, -0.15) is 5.10 Å². The topological polar surface area (TPSA) is 38.1 Å². The summed E-state index contributed by atoms with van der Waals surface area (Å²) in [6.07, 6.45) is 8.24. The summed E-state index contributed by atoms with van der Waals surface area (Å²) in [5, 5.41) is 5.21. The van der Waals surface area contributed by atoms with Gasteiger partial charge in [-0.3, -0.25) is 9.48 Å². The summed E-state index contributed by atoms with van der Waals surface area (Å²) < 4.78 is 2.06. The van der Waals surface area contributed by atoms with Crippen LogP contribution in [0.5, 0.6) is 0 Å². The van der Waals surface area contributed by atoms with Gasteiger partial charge < -0.3 is 4.90 Å². The fourth-order valence-corrected chi connectivity index (χ4v) is 4.17. The first-order valence-electron chi connectivity index (χ1n) is 9.27. The Morgan fingerprint density at radius 2 is 1.88 bits per heavy atom. The minimum absolute atomic E-state index is 0.0455. The Bertz CT molecular complexity index is 610. The number of piperidine rings is 1. The highest BCUT2D eigenvalue weighted by Gasteiger charge is 2.44. The van der Waals surface area contributed by atoms with Crippen LogP contribution < -0.4 is 0 Å². The third-order valence-electron chi connectivity index (χ3n) is 6.02. The lowest BCUT2D eigenvalue weighted by molar-refractivity contribution is -0.148. The Morgan fingerprint density at radius 1 is 1.25 bits per heavy atom. The Morgan fingerprint density at radius 3 is 2.38 bits per heavy atom. The van der Waals surface area contributed by atoms with Crippen molar-refractivity contribution in [3.05, 3.63) is 16.9 Å². The van der Waals surface area contributed by atoms with Crippen LogP contribution in [-0.2, 0) is 16.8 Å². The molecule has 0 aromatic carbocycles. The minimum atomic E-state index is -0.0901. The van der Waals surface area contributed by atoms with Crippen LogP contribution in [0.2, 0.25) is 5.15 Å². The molecule has 134 valence electrons. The van der Waals surface area contributed by atoms with Crippen LogP contribution in [-0.4, -0.2) is 33.7 Å². The molecule has 1 amide bonds. The smallest absolute Gasteiger partial charge is 0.228 e. The maximum atomic E-state index is 12.7. The van der Waals surface area contributed by atoms with Gasteiger partial charge in [-0.15, -0.1) is 0 Å². The molecule has 0 unspecified atom stereocenters. The van der Waals surface area contributed by atoms with E-state index >= 15 is 0 Å². The number of amides is 1. The van der Waals surface area contributed by atoms with Gasteiger partial charge in [0.1, 0.15) is 0 Å². The van der Waals surface area contributed by atoms with Gasteiger partial charge in [0.2, 0.25) is 5.91 Å². The van der Waals surface area contributed by atoms with Crippen LogP contribution in [0.4, 0.5) is 0 Å². The summed E-state index contributed by atoms with van der Waals surface area (Å²) >= 11 is 6.34.